The normalized spacial score (nSPS) is 12.9. The standard InChI is InChI=1S/C53H50N5.Pt/c1-35-26-47-48(27-36(35)2)57(34-56(47)40-20-14-11-15-21-40)43-29-39(53(6,7)8)28-41(31-43)55(9)42-32-45(37-18-12-10-13-19-37)51-44-22-16-17-23-46(44)58(49(51)33-42)50-30-38(24-25-54-50)52(3,4)5;/h10-30,32,34H,1-9H3;/q-3;. The summed E-state index contributed by atoms with van der Waals surface area (Å²) in [5.41, 5.74) is 15.5. The minimum absolute atomic E-state index is 0. The Kier molecular flexibility index (Phi) is 10.3. The molecule has 1 aliphatic heterocycles. The van der Waals surface area contributed by atoms with Gasteiger partial charge in [0.1, 0.15) is 5.82 Å². The molecule has 6 heteroatoms. The summed E-state index contributed by atoms with van der Waals surface area (Å²) in [6, 6.07) is 53.7. The number of pyridine rings is 1. The molecular weight excluding hydrogens is 902 g/mol. The van der Waals surface area contributed by atoms with E-state index in [1.54, 1.807) is 0 Å². The molecule has 8 aromatic rings. The van der Waals surface area contributed by atoms with Crippen LogP contribution in [0.4, 0.5) is 34.1 Å². The zero-order valence-corrected chi connectivity index (χ0v) is 37.6. The zero-order valence-electron chi connectivity index (χ0n) is 35.3. The van der Waals surface area contributed by atoms with E-state index in [0.29, 0.717) is 0 Å². The first-order valence-corrected chi connectivity index (χ1v) is 20.2. The van der Waals surface area contributed by atoms with E-state index in [4.69, 9.17) is 4.98 Å². The van der Waals surface area contributed by atoms with Crippen LogP contribution in [-0.4, -0.2) is 16.6 Å². The van der Waals surface area contributed by atoms with Crippen molar-refractivity contribution in [2.75, 3.05) is 21.7 Å². The van der Waals surface area contributed by atoms with Crippen molar-refractivity contribution in [3.8, 4) is 16.9 Å². The minimum atomic E-state index is -0.122. The molecule has 0 bridgehead atoms. The van der Waals surface area contributed by atoms with E-state index in [1.165, 1.54) is 27.6 Å². The number of aromatic nitrogens is 2. The Labute approximate surface area is 364 Å². The third-order valence-corrected chi connectivity index (χ3v) is 11.7. The molecule has 1 aliphatic rings. The molecule has 3 heterocycles. The number of fused-ring (bicyclic) bond motifs is 4. The van der Waals surface area contributed by atoms with E-state index in [9.17, 15) is 0 Å². The summed E-state index contributed by atoms with van der Waals surface area (Å²) in [7, 11) is 2.14. The monoisotopic (exact) mass is 951 g/mol. The summed E-state index contributed by atoms with van der Waals surface area (Å²) in [4.78, 5) is 11.8. The molecule has 0 spiro atoms. The van der Waals surface area contributed by atoms with Crippen molar-refractivity contribution in [2.24, 2.45) is 0 Å². The Bertz CT molecular complexity index is 2830. The van der Waals surface area contributed by atoms with Crippen LogP contribution in [0, 0.1) is 32.6 Å². The Morgan fingerprint density at radius 2 is 1.24 bits per heavy atom. The molecule has 2 aromatic heterocycles. The quantitative estimate of drug-likeness (QED) is 0.155. The predicted molar refractivity (Wildman–Crippen MR) is 245 cm³/mol. The molecule has 0 saturated carbocycles. The molecule has 59 heavy (non-hydrogen) atoms. The largest absolute Gasteiger partial charge is 0.493 e. The molecule has 0 amide bonds. The van der Waals surface area contributed by atoms with E-state index >= 15 is 0 Å². The van der Waals surface area contributed by atoms with Crippen molar-refractivity contribution in [3.05, 3.63) is 175 Å². The molecule has 0 aliphatic carbocycles. The number of rotatable bonds is 6. The number of anilines is 6. The van der Waals surface area contributed by atoms with Crippen LogP contribution in [0.25, 0.3) is 38.8 Å². The molecular formula is C53H50N5Pt-3. The fraction of sp³-hybridized carbons (Fsp3) is 0.208. The fourth-order valence-corrected chi connectivity index (χ4v) is 8.08. The molecule has 0 unspecified atom stereocenters. The summed E-state index contributed by atoms with van der Waals surface area (Å²) in [5.74, 6) is 0.883. The van der Waals surface area contributed by atoms with Crippen molar-refractivity contribution < 1.29 is 21.1 Å². The Balaban J connectivity index is 0.00000484. The summed E-state index contributed by atoms with van der Waals surface area (Å²) in [5, 5.41) is 2.33. The minimum Gasteiger partial charge on any atom is -0.493 e. The second-order valence-electron chi connectivity index (χ2n) is 17.7. The topological polar surface area (TPSA) is 27.5 Å². The number of hydrogen-bond donors (Lipinski definition) is 0. The predicted octanol–water partition coefficient (Wildman–Crippen LogP) is 13.8. The van der Waals surface area contributed by atoms with Gasteiger partial charge in [0.2, 0.25) is 0 Å². The van der Waals surface area contributed by atoms with E-state index in [0.717, 1.165) is 67.5 Å². The maximum Gasteiger partial charge on any atom is 0.135 e. The number of aryl methyl sites for hydroxylation is 2. The average Bonchev–Trinajstić information content (AvgIpc) is 3.76. The van der Waals surface area contributed by atoms with Crippen LogP contribution in [0.3, 0.4) is 0 Å². The summed E-state index contributed by atoms with van der Waals surface area (Å²) >= 11 is 0. The van der Waals surface area contributed by atoms with E-state index in [1.807, 2.05) is 6.20 Å². The Morgan fingerprint density at radius 1 is 0.627 bits per heavy atom. The van der Waals surface area contributed by atoms with Gasteiger partial charge >= 0.3 is 0 Å². The van der Waals surface area contributed by atoms with E-state index in [-0.39, 0.29) is 31.9 Å². The van der Waals surface area contributed by atoms with Gasteiger partial charge in [-0.1, -0.05) is 131 Å². The first kappa shape index (κ1) is 40.2. The molecule has 9 rings (SSSR count). The van der Waals surface area contributed by atoms with Crippen molar-refractivity contribution in [1.82, 2.24) is 9.55 Å². The van der Waals surface area contributed by atoms with Crippen molar-refractivity contribution in [3.63, 3.8) is 0 Å². The van der Waals surface area contributed by atoms with Gasteiger partial charge in [0.05, 0.1) is 0 Å². The van der Waals surface area contributed by atoms with Crippen molar-refractivity contribution in [2.45, 2.75) is 66.2 Å². The molecule has 0 atom stereocenters. The first-order chi connectivity index (χ1) is 27.8. The number of benzene rings is 6. The molecule has 300 valence electrons. The molecule has 0 radical (unpaired) electrons. The third kappa shape index (κ3) is 7.25. The number of nitrogens with zero attached hydrogens (tertiary/aromatic N) is 5. The van der Waals surface area contributed by atoms with Gasteiger partial charge in [-0.05, 0) is 94.8 Å². The van der Waals surface area contributed by atoms with E-state index < -0.39 is 0 Å². The zero-order chi connectivity index (χ0) is 40.5. The third-order valence-electron chi connectivity index (χ3n) is 11.7. The van der Waals surface area contributed by atoms with Gasteiger partial charge in [-0.2, -0.15) is 0 Å². The molecule has 6 aromatic carbocycles. The average molecular weight is 952 g/mol. The number of para-hydroxylation sites is 2. The van der Waals surface area contributed by atoms with Gasteiger partial charge in [-0.15, -0.1) is 53.8 Å². The maximum absolute atomic E-state index is 4.99. The molecule has 0 N–H and O–H groups in total. The first-order valence-electron chi connectivity index (χ1n) is 20.2. The second-order valence-corrected chi connectivity index (χ2v) is 17.7. The van der Waals surface area contributed by atoms with Crippen LogP contribution < -0.4 is 14.7 Å². The molecule has 5 nitrogen and oxygen atoms in total. The van der Waals surface area contributed by atoms with Gasteiger partial charge in [-0.25, -0.2) is 4.98 Å². The van der Waals surface area contributed by atoms with Gasteiger partial charge in [0.25, 0.3) is 0 Å². The summed E-state index contributed by atoms with van der Waals surface area (Å²) < 4.78 is 2.29. The van der Waals surface area contributed by atoms with Crippen molar-refractivity contribution in [1.29, 1.82) is 0 Å². The van der Waals surface area contributed by atoms with Crippen LogP contribution in [0.15, 0.2) is 134 Å². The molecule has 0 saturated heterocycles. The maximum atomic E-state index is 4.99. The summed E-state index contributed by atoms with van der Waals surface area (Å²) in [6.07, 6.45) is 1.94. The smallest absolute Gasteiger partial charge is 0.135 e. The van der Waals surface area contributed by atoms with Gasteiger partial charge in [0, 0.05) is 56.9 Å². The number of hydrogen-bond acceptors (Lipinski definition) is 4. The van der Waals surface area contributed by atoms with Crippen LogP contribution in [0.1, 0.15) is 63.8 Å². The van der Waals surface area contributed by atoms with Crippen LogP contribution in [0.5, 0.6) is 0 Å². The van der Waals surface area contributed by atoms with E-state index in [2.05, 4.69) is 228 Å². The SMILES string of the molecule is Cc1cc2c(cc1C)N(c1ccccc1)[CH-]N2c1[c-]c(N(C)c2[c-]c3c(c(-c4ccccc4)c2)c2ccccc2n3-c2cc(C(C)(C)C)ccn2)cc(C(C)(C)C)c1.[Pt]. The van der Waals surface area contributed by atoms with Crippen LogP contribution in [-0.2, 0) is 31.9 Å². The van der Waals surface area contributed by atoms with Gasteiger partial charge < -0.3 is 19.3 Å². The fourth-order valence-electron chi connectivity index (χ4n) is 8.08. The molecule has 0 fully saturated rings. The van der Waals surface area contributed by atoms with Gasteiger partial charge in [-0.3, -0.25) is 0 Å². The summed E-state index contributed by atoms with van der Waals surface area (Å²) in [6.45, 7) is 20.2. The Hall–Kier alpha value is -5.64. The second kappa shape index (κ2) is 15.2. The van der Waals surface area contributed by atoms with Crippen LogP contribution >= 0.6 is 0 Å². The van der Waals surface area contributed by atoms with Gasteiger partial charge in [0.15, 0.2) is 0 Å². The Morgan fingerprint density at radius 3 is 1.92 bits per heavy atom. The van der Waals surface area contributed by atoms with Crippen LogP contribution in [0.2, 0.25) is 0 Å². The van der Waals surface area contributed by atoms with Crippen molar-refractivity contribution >= 4 is 55.9 Å².